The van der Waals surface area contributed by atoms with Crippen molar-refractivity contribution in [1.82, 2.24) is 20.0 Å². The predicted molar refractivity (Wildman–Crippen MR) is 88.2 cm³/mol. The number of hydrogen-bond acceptors (Lipinski definition) is 3. The van der Waals surface area contributed by atoms with Crippen molar-refractivity contribution >= 4 is 0 Å². The standard InChI is InChI=1S/C17H32N4/c1-6-17(7-2)13-21(12-15-8-9-20(5)19-15)16(11-18-17)10-14(3)4/h8-9,14,16,18H,6-7,10-13H2,1-5H3. The third-order valence-corrected chi connectivity index (χ3v) is 4.97. The van der Waals surface area contributed by atoms with Crippen LogP contribution in [0.2, 0.25) is 0 Å². The van der Waals surface area contributed by atoms with Gasteiger partial charge in [-0.1, -0.05) is 27.7 Å². The van der Waals surface area contributed by atoms with Gasteiger partial charge in [-0.05, 0) is 31.2 Å². The van der Waals surface area contributed by atoms with Crippen LogP contribution < -0.4 is 5.32 Å². The Morgan fingerprint density at radius 1 is 1.38 bits per heavy atom. The fraction of sp³-hybridized carbons (Fsp3) is 0.824. The first-order valence-electron chi connectivity index (χ1n) is 8.45. The molecule has 0 radical (unpaired) electrons. The predicted octanol–water partition coefficient (Wildman–Crippen LogP) is 2.80. The van der Waals surface area contributed by atoms with E-state index in [2.05, 4.69) is 49.1 Å². The van der Waals surface area contributed by atoms with E-state index in [1.807, 2.05) is 17.9 Å². The number of aromatic nitrogens is 2. The second kappa shape index (κ2) is 6.93. The second-order valence-electron chi connectivity index (χ2n) is 7.04. The quantitative estimate of drug-likeness (QED) is 0.875. The fourth-order valence-electron chi connectivity index (χ4n) is 3.48. The molecule has 0 bridgehead atoms. The number of nitrogens with zero attached hydrogens (tertiary/aromatic N) is 3. The summed E-state index contributed by atoms with van der Waals surface area (Å²) in [6.45, 7) is 12.5. The molecule has 1 aliphatic rings. The maximum Gasteiger partial charge on any atom is 0.0764 e. The lowest BCUT2D eigenvalue weighted by molar-refractivity contribution is 0.0550. The molecule has 21 heavy (non-hydrogen) atoms. The number of rotatable bonds is 6. The molecular formula is C17H32N4. The molecule has 2 rings (SSSR count). The molecule has 1 N–H and O–H groups in total. The molecule has 1 aromatic heterocycles. The third kappa shape index (κ3) is 4.07. The minimum Gasteiger partial charge on any atom is -0.308 e. The Kier molecular flexibility index (Phi) is 5.44. The summed E-state index contributed by atoms with van der Waals surface area (Å²) in [5, 5.41) is 8.41. The van der Waals surface area contributed by atoms with Crippen LogP contribution in [-0.2, 0) is 13.6 Å². The van der Waals surface area contributed by atoms with Gasteiger partial charge in [0.25, 0.3) is 0 Å². The second-order valence-corrected chi connectivity index (χ2v) is 7.04. The largest absolute Gasteiger partial charge is 0.308 e. The van der Waals surface area contributed by atoms with Gasteiger partial charge in [0.05, 0.1) is 5.69 Å². The average Bonchev–Trinajstić information content (AvgIpc) is 2.86. The summed E-state index contributed by atoms with van der Waals surface area (Å²) in [4.78, 5) is 2.66. The number of hydrogen-bond donors (Lipinski definition) is 1. The molecule has 2 heterocycles. The van der Waals surface area contributed by atoms with Crippen molar-refractivity contribution in [3.63, 3.8) is 0 Å². The lowest BCUT2D eigenvalue weighted by Crippen LogP contribution is -2.63. The van der Waals surface area contributed by atoms with Crippen LogP contribution in [0.5, 0.6) is 0 Å². The zero-order valence-electron chi connectivity index (χ0n) is 14.4. The van der Waals surface area contributed by atoms with Crippen LogP contribution in [0.3, 0.4) is 0 Å². The van der Waals surface area contributed by atoms with Gasteiger partial charge in [-0.15, -0.1) is 0 Å². The minimum atomic E-state index is 0.280. The van der Waals surface area contributed by atoms with Gasteiger partial charge in [0.1, 0.15) is 0 Å². The molecule has 0 saturated carbocycles. The van der Waals surface area contributed by atoms with Gasteiger partial charge >= 0.3 is 0 Å². The van der Waals surface area contributed by atoms with Crippen molar-refractivity contribution < 1.29 is 0 Å². The first-order chi connectivity index (χ1) is 9.98. The molecule has 1 atom stereocenters. The van der Waals surface area contributed by atoms with E-state index in [9.17, 15) is 0 Å². The van der Waals surface area contributed by atoms with Gasteiger partial charge in [-0.3, -0.25) is 9.58 Å². The molecule has 0 aromatic carbocycles. The lowest BCUT2D eigenvalue weighted by Gasteiger charge is -2.48. The maximum absolute atomic E-state index is 4.57. The number of nitrogens with one attached hydrogen (secondary N) is 1. The summed E-state index contributed by atoms with van der Waals surface area (Å²) in [6, 6.07) is 2.77. The topological polar surface area (TPSA) is 33.1 Å². The molecule has 1 unspecified atom stereocenters. The summed E-state index contributed by atoms with van der Waals surface area (Å²) in [5.74, 6) is 0.735. The van der Waals surface area contributed by atoms with Gasteiger partial charge in [0.2, 0.25) is 0 Å². The molecule has 1 fully saturated rings. The van der Waals surface area contributed by atoms with Gasteiger partial charge in [0.15, 0.2) is 0 Å². The fourth-order valence-corrected chi connectivity index (χ4v) is 3.48. The van der Waals surface area contributed by atoms with Gasteiger partial charge < -0.3 is 5.32 Å². The molecular weight excluding hydrogens is 260 g/mol. The minimum absolute atomic E-state index is 0.280. The third-order valence-electron chi connectivity index (χ3n) is 4.97. The SMILES string of the molecule is CCC1(CC)CN(Cc2ccn(C)n2)C(CC(C)C)CN1. The zero-order valence-corrected chi connectivity index (χ0v) is 14.4. The van der Waals surface area contributed by atoms with Gasteiger partial charge in [-0.2, -0.15) is 5.10 Å². The van der Waals surface area contributed by atoms with Crippen LogP contribution in [-0.4, -0.2) is 39.4 Å². The summed E-state index contributed by atoms with van der Waals surface area (Å²) in [7, 11) is 2.00. The normalized spacial score (nSPS) is 22.9. The first-order valence-corrected chi connectivity index (χ1v) is 8.45. The average molecular weight is 292 g/mol. The highest BCUT2D eigenvalue weighted by Gasteiger charge is 2.36. The van der Waals surface area contributed by atoms with Crippen LogP contribution in [0.15, 0.2) is 12.3 Å². The molecule has 0 aliphatic carbocycles. The van der Waals surface area contributed by atoms with E-state index in [0.29, 0.717) is 6.04 Å². The Morgan fingerprint density at radius 2 is 2.10 bits per heavy atom. The Labute approximate surface area is 129 Å². The Hall–Kier alpha value is -0.870. The van der Waals surface area contributed by atoms with E-state index in [4.69, 9.17) is 0 Å². The number of piperazine rings is 1. The first kappa shape index (κ1) is 16.5. The van der Waals surface area contributed by atoms with Crippen LogP contribution in [0.1, 0.15) is 52.7 Å². The monoisotopic (exact) mass is 292 g/mol. The Bertz CT molecular complexity index is 434. The summed E-state index contributed by atoms with van der Waals surface area (Å²) in [6.07, 6.45) is 5.68. The van der Waals surface area contributed by atoms with Crippen molar-refractivity contribution in [2.75, 3.05) is 13.1 Å². The lowest BCUT2D eigenvalue weighted by atomic mass is 9.87. The van der Waals surface area contributed by atoms with E-state index in [0.717, 1.165) is 25.6 Å². The highest BCUT2D eigenvalue weighted by atomic mass is 15.3. The van der Waals surface area contributed by atoms with Gasteiger partial charge in [-0.25, -0.2) is 0 Å². The van der Waals surface area contributed by atoms with Crippen molar-refractivity contribution in [2.24, 2.45) is 13.0 Å². The Morgan fingerprint density at radius 3 is 2.62 bits per heavy atom. The summed E-state index contributed by atoms with van der Waals surface area (Å²) in [5.41, 5.74) is 1.47. The van der Waals surface area contributed by atoms with Crippen LogP contribution >= 0.6 is 0 Å². The van der Waals surface area contributed by atoms with E-state index in [-0.39, 0.29) is 5.54 Å². The highest BCUT2D eigenvalue weighted by Crippen LogP contribution is 2.26. The smallest absolute Gasteiger partial charge is 0.0764 e. The molecule has 4 nitrogen and oxygen atoms in total. The van der Waals surface area contributed by atoms with Crippen molar-refractivity contribution in [3.8, 4) is 0 Å². The highest BCUT2D eigenvalue weighted by molar-refractivity contribution is 5.03. The van der Waals surface area contributed by atoms with Crippen LogP contribution in [0, 0.1) is 5.92 Å². The molecule has 1 saturated heterocycles. The summed E-state index contributed by atoms with van der Waals surface area (Å²) < 4.78 is 1.90. The van der Waals surface area contributed by atoms with Crippen molar-refractivity contribution in [2.45, 2.75) is 65.1 Å². The Balaban J connectivity index is 2.12. The van der Waals surface area contributed by atoms with E-state index in [1.54, 1.807) is 0 Å². The van der Waals surface area contributed by atoms with Crippen LogP contribution in [0.25, 0.3) is 0 Å². The molecule has 1 aromatic rings. The van der Waals surface area contributed by atoms with E-state index >= 15 is 0 Å². The molecule has 120 valence electrons. The van der Waals surface area contributed by atoms with Gasteiger partial charge in [0, 0.05) is 44.5 Å². The van der Waals surface area contributed by atoms with E-state index in [1.165, 1.54) is 25.0 Å². The molecule has 1 aliphatic heterocycles. The summed E-state index contributed by atoms with van der Waals surface area (Å²) >= 11 is 0. The molecule has 0 spiro atoms. The van der Waals surface area contributed by atoms with Crippen LogP contribution in [0.4, 0.5) is 0 Å². The molecule has 4 heteroatoms. The molecule has 0 amide bonds. The number of aryl methyl sites for hydroxylation is 1. The van der Waals surface area contributed by atoms with E-state index < -0.39 is 0 Å². The zero-order chi connectivity index (χ0) is 15.5. The van der Waals surface area contributed by atoms with Crippen molar-refractivity contribution in [1.29, 1.82) is 0 Å². The maximum atomic E-state index is 4.57. The van der Waals surface area contributed by atoms with Crippen molar-refractivity contribution in [3.05, 3.63) is 18.0 Å².